The van der Waals surface area contributed by atoms with Gasteiger partial charge < -0.3 is 19.7 Å². The van der Waals surface area contributed by atoms with E-state index in [1.165, 1.54) is 12.1 Å². The Morgan fingerprint density at radius 2 is 1.90 bits per heavy atom. The van der Waals surface area contributed by atoms with Crippen LogP contribution >= 0.6 is 0 Å². The summed E-state index contributed by atoms with van der Waals surface area (Å²) in [5.74, 6) is 0.868. The number of fused-ring (bicyclic) bond motifs is 1. The van der Waals surface area contributed by atoms with Gasteiger partial charge in [0.05, 0.1) is 17.7 Å². The molecule has 8 nitrogen and oxygen atoms in total. The number of anilines is 1. The minimum Gasteiger partial charge on any atom is -0.497 e. The largest absolute Gasteiger partial charge is 0.497 e. The van der Waals surface area contributed by atoms with Gasteiger partial charge in [-0.05, 0) is 56.9 Å². The van der Waals surface area contributed by atoms with Crippen molar-refractivity contribution >= 4 is 21.6 Å². The van der Waals surface area contributed by atoms with Crippen molar-refractivity contribution in [2.45, 2.75) is 24.0 Å². The Morgan fingerprint density at radius 3 is 2.52 bits per heavy atom. The number of amides is 1. The number of carbonyl (C=O) groups excluding carboxylic acids is 1. The molecule has 2 atom stereocenters. The molecule has 156 valence electrons. The SMILES string of the molecule is COc1ccc(C(CNS(=O)(=O)c2ccc3c(c2)NC(=O)C(C)O3)N(C)C)cc1. The van der Waals surface area contributed by atoms with Gasteiger partial charge in [-0.3, -0.25) is 4.79 Å². The van der Waals surface area contributed by atoms with E-state index < -0.39 is 16.1 Å². The normalized spacial score (nSPS) is 17.3. The smallest absolute Gasteiger partial charge is 0.265 e. The Hall–Kier alpha value is -2.62. The molecule has 0 bridgehead atoms. The van der Waals surface area contributed by atoms with E-state index in [1.54, 1.807) is 20.1 Å². The number of rotatable bonds is 7. The second-order valence-electron chi connectivity index (χ2n) is 7.01. The molecule has 2 unspecified atom stereocenters. The van der Waals surface area contributed by atoms with Gasteiger partial charge in [-0.2, -0.15) is 0 Å². The molecule has 0 radical (unpaired) electrons. The van der Waals surface area contributed by atoms with Crippen LogP contribution in [0.3, 0.4) is 0 Å². The maximum Gasteiger partial charge on any atom is 0.265 e. The molecule has 29 heavy (non-hydrogen) atoms. The molecule has 1 aliphatic rings. The second-order valence-corrected chi connectivity index (χ2v) is 8.78. The average molecular weight is 420 g/mol. The lowest BCUT2D eigenvalue weighted by molar-refractivity contribution is -0.122. The van der Waals surface area contributed by atoms with Gasteiger partial charge in [-0.25, -0.2) is 13.1 Å². The van der Waals surface area contributed by atoms with E-state index in [1.807, 2.05) is 43.3 Å². The van der Waals surface area contributed by atoms with Gasteiger partial charge in [0.25, 0.3) is 5.91 Å². The number of benzene rings is 2. The average Bonchev–Trinajstić information content (AvgIpc) is 2.68. The molecule has 0 saturated carbocycles. The van der Waals surface area contributed by atoms with Crippen molar-refractivity contribution in [1.29, 1.82) is 0 Å². The summed E-state index contributed by atoms with van der Waals surface area (Å²) in [7, 11) is 1.58. The predicted octanol–water partition coefficient (Wildman–Crippen LogP) is 2.00. The molecule has 0 saturated heterocycles. The van der Waals surface area contributed by atoms with E-state index in [-0.39, 0.29) is 23.4 Å². The first-order valence-electron chi connectivity index (χ1n) is 9.13. The fraction of sp³-hybridized carbons (Fsp3) is 0.350. The van der Waals surface area contributed by atoms with E-state index >= 15 is 0 Å². The molecule has 0 fully saturated rings. The first-order chi connectivity index (χ1) is 13.7. The number of hydrogen-bond acceptors (Lipinski definition) is 6. The number of nitrogens with zero attached hydrogens (tertiary/aromatic N) is 1. The van der Waals surface area contributed by atoms with Crippen molar-refractivity contribution in [3.63, 3.8) is 0 Å². The van der Waals surface area contributed by atoms with E-state index in [9.17, 15) is 13.2 Å². The maximum atomic E-state index is 12.8. The predicted molar refractivity (Wildman–Crippen MR) is 110 cm³/mol. The molecular weight excluding hydrogens is 394 g/mol. The van der Waals surface area contributed by atoms with E-state index in [0.29, 0.717) is 11.4 Å². The topological polar surface area (TPSA) is 97.0 Å². The molecule has 2 aromatic rings. The third-order valence-electron chi connectivity index (χ3n) is 4.78. The van der Waals surface area contributed by atoms with Crippen molar-refractivity contribution in [2.75, 3.05) is 33.1 Å². The van der Waals surface area contributed by atoms with Crippen molar-refractivity contribution < 1.29 is 22.7 Å². The second kappa shape index (κ2) is 8.40. The fourth-order valence-electron chi connectivity index (χ4n) is 3.05. The highest BCUT2D eigenvalue weighted by Crippen LogP contribution is 2.32. The highest BCUT2D eigenvalue weighted by Gasteiger charge is 2.26. The standard InChI is InChI=1S/C20H25N3O5S/c1-13-20(24)22-17-11-16(9-10-19(17)28-13)29(25,26)21-12-18(23(2)3)14-5-7-15(27-4)8-6-14/h5-11,13,18,21H,12H2,1-4H3,(H,22,24). The Kier molecular flexibility index (Phi) is 6.11. The van der Waals surface area contributed by atoms with Crippen LogP contribution in [0.25, 0.3) is 0 Å². The highest BCUT2D eigenvalue weighted by atomic mass is 32.2. The molecule has 0 aromatic heterocycles. The minimum atomic E-state index is -3.78. The molecule has 0 aliphatic carbocycles. The zero-order valence-electron chi connectivity index (χ0n) is 16.8. The van der Waals surface area contributed by atoms with Gasteiger partial charge >= 0.3 is 0 Å². The third kappa shape index (κ3) is 4.69. The first-order valence-corrected chi connectivity index (χ1v) is 10.6. The van der Waals surface area contributed by atoms with Crippen LogP contribution in [0.2, 0.25) is 0 Å². The minimum absolute atomic E-state index is 0.0574. The summed E-state index contributed by atoms with van der Waals surface area (Å²) in [5, 5.41) is 2.67. The number of nitrogens with one attached hydrogen (secondary N) is 2. The lowest BCUT2D eigenvalue weighted by atomic mass is 10.1. The molecule has 1 aliphatic heterocycles. The molecule has 0 spiro atoms. The summed E-state index contributed by atoms with van der Waals surface area (Å²) in [4.78, 5) is 13.8. The van der Waals surface area contributed by atoms with Gasteiger partial charge in [0.1, 0.15) is 11.5 Å². The monoisotopic (exact) mass is 419 g/mol. The van der Waals surface area contributed by atoms with E-state index in [2.05, 4.69) is 10.0 Å². The first kappa shape index (κ1) is 21.1. The van der Waals surface area contributed by atoms with Crippen molar-refractivity contribution in [3.05, 3.63) is 48.0 Å². The van der Waals surface area contributed by atoms with E-state index in [0.717, 1.165) is 11.3 Å². The van der Waals surface area contributed by atoms with Crippen LogP contribution in [0.5, 0.6) is 11.5 Å². The Bertz CT molecular complexity index is 990. The molecule has 2 N–H and O–H groups in total. The summed E-state index contributed by atoms with van der Waals surface area (Å²) in [6.07, 6.45) is -0.617. The van der Waals surface area contributed by atoms with Crippen molar-refractivity contribution in [2.24, 2.45) is 0 Å². The zero-order valence-corrected chi connectivity index (χ0v) is 17.6. The molecule has 1 amide bonds. The van der Waals surface area contributed by atoms with Crippen LogP contribution in [-0.4, -0.2) is 53.1 Å². The number of methoxy groups -OCH3 is 1. The summed E-state index contributed by atoms with van der Waals surface area (Å²) < 4.78 is 38.9. The molecular formula is C20H25N3O5S. The Labute approximate surface area is 170 Å². The summed E-state index contributed by atoms with van der Waals surface area (Å²) in [6.45, 7) is 1.81. The van der Waals surface area contributed by atoms with Gasteiger partial charge in [-0.15, -0.1) is 0 Å². The summed E-state index contributed by atoms with van der Waals surface area (Å²) >= 11 is 0. The molecule has 2 aromatic carbocycles. The van der Waals surface area contributed by atoms with Crippen LogP contribution in [0.4, 0.5) is 5.69 Å². The van der Waals surface area contributed by atoms with Gasteiger partial charge in [0, 0.05) is 12.6 Å². The number of ether oxygens (including phenoxy) is 2. The lowest BCUT2D eigenvalue weighted by Crippen LogP contribution is -2.35. The van der Waals surface area contributed by atoms with Crippen LogP contribution in [-0.2, 0) is 14.8 Å². The molecule has 3 rings (SSSR count). The van der Waals surface area contributed by atoms with Crippen LogP contribution in [0, 0.1) is 0 Å². The van der Waals surface area contributed by atoms with Crippen LogP contribution in [0.1, 0.15) is 18.5 Å². The number of carbonyl (C=O) groups is 1. The lowest BCUT2D eigenvalue weighted by Gasteiger charge is -2.26. The third-order valence-corrected chi connectivity index (χ3v) is 6.20. The van der Waals surface area contributed by atoms with Crippen molar-refractivity contribution in [1.82, 2.24) is 9.62 Å². The van der Waals surface area contributed by atoms with Crippen LogP contribution in [0.15, 0.2) is 47.4 Å². The Balaban J connectivity index is 1.77. The van der Waals surface area contributed by atoms with Crippen molar-refractivity contribution in [3.8, 4) is 11.5 Å². The zero-order chi connectivity index (χ0) is 21.2. The molecule has 1 heterocycles. The number of sulfonamides is 1. The number of hydrogen-bond donors (Lipinski definition) is 2. The van der Waals surface area contributed by atoms with Gasteiger partial charge in [0.2, 0.25) is 10.0 Å². The fourth-order valence-corrected chi connectivity index (χ4v) is 4.12. The quantitative estimate of drug-likeness (QED) is 0.713. The summed E-state index contributed by atoms with van der Waals surface area (Å²) in [5.41, 5.74) is 1.30. The Morgan fingerprint density at radius 1 is 1.21 bits per heavy atom. The molecule has 9 heteroatoms. The number of likely N-dealkylation sites (N-methyl/N-ethyl adjacent to an activating group) is 1. The van der Waals surface area contributed by atoms with Gasteiger partial charge in [-0.1, -0.05) is 12.1 Å². The highest BCUT2D eigenvalue weighted by molar-refractivity contribution is 7.89. The summed E-state index contributed by atoms with van der Waals surface area (Å²) in [6, 6.07) is 11.7. The van der Waals surface area contributed by atoms with Gasteiger partial charge in [0.15, 0.2) is 6.10 Å². The van der Waals surface area contributed by atoms with E-state index in [4.69, 9.17) is 9.47 Å². The van der Waals surface area contributed by atoms with Crippen LogP contribution < -0.4 is 19.5 Å². The maximum absolute atomic E-state index is 12.8.